The van der Waals surface area contributed by atoms with Crippen LogP contribution < -0.4 is 0 Å². The molecule has 0 aromatic rings. The van der Waals surface area contributed by atoms with Crippen molar-refractivity contribution in [3.63, 3.8) is 0 Å². The zero-order chi connectivity index (χ0) is 22.9. The average Bonchev–Trinajstić information content (AvgIpc) is 3.18. The second-order valence-electron chi connectivity index (χ2n) is 9.25. The van der Waals surface area contributed by atoms with Crippen LogP contribution in [0.2, 0.25) is 0 Å². The van der Waals surface area contributed by atoms with Gasteiger partial charge < -0.3 is 19.6 Å². The third-order valence-corrected chi connectivity index (χ3v) is 8.89. The number of unbranched alkanes of at least 4 members (excludes halogenated alkanes) is 1. The molecule has 1 N–H and O–H groups in total. The highest BCUT2D eigenvalue weighted by atomic mass is 32.2. The molecule has 0 saturated carbocycles. The van der Waals surface area contributed by atoms with E-state index in [1.807, 2.05) is 23.1 Å². The molecule has 176 valence electrons. The number of cyclic esters (lactones) is 1. The number of thioether (sulfide) groups is 1. The highest BCUT2D eigenvalue weighted by Gasteiger charge is 2.71. The van der Waals surface area contributed by atoms with E-state index in [4.69, 9.17) is 4.74 Å². The van der Waals surface area contributed by atoms with Crippen LogP contribution in [-0.2, 0) is 19.1 Å². The lowest BCUT2D eigenvalue weighted by molar-refractivity contribution is -0.153. The first-order valence-electron chi connectivity index (χ1n) is 11.9. The lowest BCUT2D eigenvalue weighted by Crippen LogP contribution is -2.56. The van der Waals surface area contributed by atoms with Crippen LogP contribution in [0.25, 0.3) is 0 Å². The Balaban J connectivity index is 1.80. The van der Waals surface area contributed by atoms with Gasteiger partial charge in [-0.25, -0.2) is 0 Å². The first kappa shape index (κ1) is 23.4. The summed E-state index contributed by atoms with van der Waals surface area (Å²) >= 11 is 1.55. The Hall–Kier alpha value is -1.80. The molecule has 2 saturated heterocycles. The molecule has 4 rings (SSSR count). The van der Waals surface area contributed by atoms with Crippen LogP contribution in [0.5, 0.6) is 0 Å². The zero-order valence-electron chi connectivity index (χ0n) is 18.9. The smallest absolute Gasteiger partial charge is 0.311 e. The largest absolute Gasteiger partial charge is 0.465 e. The number of allylic oxidation sites excluding steroid dienone is 1. The van der Waals surface area contributed by atoms with Crippen LogP contribution in [-0.4, -0.2) is 81.1 Å². The van der Waals surface area contributed by atoms with E-state index in [1.165, 1.54) is 0 Å². The number of nitrogens with zero attached hydrogens (tertiary/aromatic N) is 2. The van der Waals surface area contributed by atoms with Gasteiger partial charge in [0.2, 0.25) is 11.8 Å². The van der Waals surface area contributed by atoms with Crippen molar-refractivity contribution in [1.82, 2.24) is 9.80 Å². The normalized spacial score (nSPS) is 36.8. The standard InChI is InChI=1S/C24H34N2O5S/c1-3-4-12-25-13-9-11-24-19(21(28)26(16(2)15-27)20(24)22(25)29)18-17(32-24)10-7-5-6-8-14-31-23(18)30/h7,9-11,16-20,27H,3-6,8,12-15H2,1-2H3/b10-7-/t16-,17+,18-,19+,20?,24+/m1/s1. The van der Waals surface area contributed by atoms with E-state index < -0.39 is 28.7 Å². The lowest BCUT2D eigenvalue weighted by Gasteiger charge is -2.37. The molecule has 4 aliphatic heterocycles. The van der Waals surface area contributed by atoms with Gasteiger partial charge in [-0.3, -0.25) is 14.4 Å². The van der Waals surface area contributed by atoms with Crippen LogP contribution in [0.1, 0.15) is 46.0 Å². The number of carbonyl (C=O) groups is 3. The van der Waals surface area contributed by atoms with Gasteiger partial charge in [0.1, 0.15) is 6.04 Å². The van der Waals surface area contributed by atoms with E-state index in [0.717, 1.165) is 32.1 Å². The van der Waals surface area contributed by atoms with Crippen molar-refractivity contribution >= 4 is 29.5 Å². The Morgan fingerprint density at radius 3 is 2.81 bits per heavy atom. The molecule has 4 heterocycles. The number of carbonyl (C=O) groups excluding carboxylic acids is 3. The van der Waals surface area contributed by atoms with Gasteiger partial charge in [-0.05, 0) is 32.6 Å². The minimum Gasteiger partial charge on any atom is -0.465 e. The molecule has 0 radical (unpaired) electrons. The molecule has 2 fully saturated rings. The minimum atomic E-state index is -0.842. The summed E-state index contributed by atoms with van der Waals surface area (Å²) in [6.07, 6.45) is 12.6. The van der Waals surface area contributed by atoms with Crippen LogP contribution in [0.4, 0.5) is 0 Å². The van der Waals surface area contributed by atoms with E-state index in [-0.39, 0.29) is 29.6 Å². The summed E-state index contributed by atoms with van der Waals surface area (Å²) in [6, 6.07) is -1.25. The molecular formula is C24H34N2O5S. The van der Waals surface area contributed by atoms with Gasteiger partial charge in [0.25, 0.3) is 0 Å². The minimum absolute atomic E-state index is 0.0897. The second-order valence-corrected chi connectivity index (χ2v) is 10.7. The lowest BCUT2D eigenvalue weighted by atomic mass is 9.78. The van der Waals surface area contributed by atoms with E-state index in [2.05, 4.69) is 13.0 Å². The molecule has 7 nitrogen and oxygen atoms in total. The van der Waals surface area contributed by atoms with Crippen molar-refractivity contribution in [2.24, 2.45) is 11.8 Å². The van der Waals surface area contributed by atoms with Crippen LogP contribution in [0, 0.1) is 11.8 Å². The second kappa shape index (κ2) is 9.59. The molecular weight excluding hydrogens is 428 g/mol. The van der Waals surface area contributed by atoms with Crippen LogP contribution >= 0.6 is 11.8 Å². The Bertz CT molecular complexity index is 814. The molecule has 0 aromatic heterocycles. The van der Waals surface area contributed by atoms with E-state index in [0.29, 0.717) is 19.7 Å². The monoisotopic (exact) mass is 462 g/mol. The quantitative estimate of drug-likeness (QED) is 0.498. The van der Waals surface area contributed by atoms with Crippen LogP contribution in [0.15, 0.2) is 24.3 Å². The fourth-order valence-electron chi connectivity index (χ4n) is 5.51. The molecule has 1 spiro atoms. The SMILES string of the molecule is CCCCN1CC=C[C@]23S[C@H]4/C=C\CCCCOC(=O)[C@H]4[C@H]2C(=O)N([C@H](C)CO)C3C1=O. The number of hydrogen-bond donors (Lipinski definition) is 1. The summed E-state index contributed by atoms with van der Waals surface area (Å²) < 4.78 is 4.75. The summed E-state index contributed by atoms with van der Waals surface area (Å²) in [6.45, 7) is 5.09. The van der Waals surface area contributed by atoms with Crippen molar-refractivity contribution in [3.8, 4) is 0 Å². The number of rotatable bonds is 5. The fraction of sp³-hybridized carbons (Fsp3) is 0.708. The summed E-state index contributed by atoms with van der Waals surface area (Å²) in [5.74, 6) is -1.99. The number of amides is 2. The first-order chi connectivity index (χ1) is 15.5. The van der Waals surface area contributed by atoms with E-state index in [1.54, 1.807) is 23.6 Å². The van der Waals surface area contributed by atoms with E-state index >= 15 is 0 Å². The number of fused-ring (bicyclic) bond motifs is 2. The highest BCUT2D eigenvalue weighted by molar-refractivity contribution is 8.02. The van der Waals surface area contributed by atoms with Crippen molar-refractivity contribution in [3.05, 3.63) is 24.3 Å². The average molecular weight is 463 g/mol. The number of esters is 1. The summed E-state index contributed by atoms with van der Waals surface area (Å²) in [5, 5.41) is 9.70. The maximum absolute atomic E-state index is 13.8. The van der Waals surface area contributed by atoms with Gasteiger partial charge in [0.05, 0.1) is 35.8 Å². The Labute approximate surface area is 194 Å². The molecule has 2 amide bonds. The maximum Gasteiger partial charge on any atom is 0.311 e. The number of likely N-dealkylation sites (tertiary alicyclic amines) is 1. The van der Waals surface area contributed by atoms with Crippen molar-refractivity contribution in [2.75, 3.05) is 26.3 Å². The predicted octanol–water partition coefficient (Wildman–Crippen LogP) is 2.15. The first-order valence-corrected chi connectivity index (χ1v) is 12.7. The maximum atomic E-state index is 13.8. The molecule has 32 heavy (non-hydrogen) atoms. The van der Waals surface area contributed by atoms with Gasteiger partial charge in [-0.2, -0.15) is 0 Å². The predicted molar refractivity (Wildman–Crippen MR) is 123 cm³/mol. The number of aliphatic hydroxyl groups excluding tert-OH is 1. The van der Waals surface area contributed by atoms with Gasteiger partial charge >= 0.3 is 5.97 Å². The van der Waals surface area contributed by atoms with E-state index in [9.17, 15) is 19.5 Å². The number of hydrogen-bond acceptors (Lipinski definition) is 6. The Morgan fingerprint density at radius 1 is 1.25 bits per heavy atom. The van der Waals surface area contributed by atoms with Gasteiger partial charge in [-0.15, -0.1) is 11.8 Å². The topological polar surface area (TPSA) is 87.2 Å². The number of aliphatic hydroxyl groups is 1. The van der Waals surface area contributed by atoms with Crippen molar-refractivity contribution in [2.45, 2.75) is 68.0 Å². The summed E-state index contributed by atoms with van der Waals surface area (Å²) in [4.78, 5) is 44.2. The van der Waals surface area contributed by atoms with Gasteiger partial charge in [0.15, 0.2) is 0 Å². The molecule has 6 atom stereocenters. The highest BCUT2D eigenvalue weighted by Crippen LogP contribution is 2.61. The van der Waals surface area contributed by atoms with Crippen molar-refractivity contribution in [1.29, 1.82) is 0 Å². The van der Waals surface area contributed by atoms with Gasteiger partial charge in [0, 0.05) is 18.3 Å². The Kier molecular flexibility index (Phi) is 7.00. The Morgan fingerprint density at radius 2 is 2.06 bits per heavy atom. The third-order valence-electron chi connectivity index (χ3n) is 7.14. The molecule has 0 aliphatic carbocycles. The zero-order valence-corrected chi connectivity index (χ0v) is 19.8. The summed E-state index contributed by atoms with van der Waals surface area (Å²) in [7, 11) is 0. The summed E-state index contributed by atoms with van der Waals surface area (Å²) in [5.41, 5.74) is 0. The third kappa shape index (κ3) is 3.79. The molecule has 8 heteroatoms. The molecule has 4 aliphatic rings. The number of ether oxygens (including phenoxy) is 1. The van der Waals surface area contributed by atoms with Crippen LogP contribution in [0.3, 0.4) is 0 Å². The molecule has 0 bridgehead atoms. The fourth-order valence-corrected chi connectivity index (χ4v) is 7.50. The van der Waals surface area contributed by atoms with Crippen molar-refractivity contribution < 1.29 is 24.2 Å². The molecule has 1 unspecified atom stereocenters. The van der Waals surface area contributed by atoms with Gasteiger partial charge in [-0.1, -0.05) is 37.6 Å². The molecule has 0 aromatic carbocycles.